The Morgan fingerprint density at radius 3 is 2.61 bits per heavy atom. The van der Waals surface area contributed by atoms with Gasteiger partial charge in [-0.3, -0.25) is 0 Å². The number of aryl methyl sites for hydroxylation is 1. The molecular weight excluding hydrogens is 263 g/mol. The van der Waals surface area contributed by atoms with E-state index in [0.29, 0.717) is 12.2 Å². The molecule has 0 bridgehead atoms. The Morgan fingerprint density at radius 1 is 1.33 bits per heavy atom. The molecule has 0 aliphatic heterocycles. The van der Waals surface area contributed by atoms with Gasteiger partial charge in [0, 0.05) is 5.38 Å². The molecule has 2 heterocycles. The van der Waals surface area contributed by atoms with E-state index >= 15 is 0 Å². The number of hydrogen-bond acceptors (Lipinski definition) is 4. The third-order valence-corrected chi connectivity index (χ3v) is 3.02. The molecular formula is C11H10F3N3S. The number of nitrogens with zero attached hydrogens (tertiary/aromatic N) is 2. The molecule has 0 saturated heterocycles. The summed E-state index contributed by atoms with van der Waals surface area (Å²) in [4.78, 5) is 7.60. The lowest BCUT2D eigenvalue weighted by Gasteiger charge is -2.07. The largest absolute Gasteiger partial charge is 0.433 e. The molecule has 2 aromatic rings. The Kier molecular flexibility index (Phi) is 3.51. The molecule has 96 valence electrons. The quantitative estimate of drug-likeness (QED) is 0.930. The van der Waals surface area contributed by atoms with Crippen molar-refractivity contribution in [2.24, 2.45) is 0 Å². The summed E-state index contributed by atoms with van der Waals surface area (Å²) in [5.74, 6) is 0. The summed E-state index contributed by atoms with van der Waals surface area (Å²) in [7, 11) is 0. The summed E-state index contributed by atoms with van der Waals surface area (Å²) < 4.78 is 36.8. The van der Waals surface area contributed by atoms with Crippen molar-refractivity contribution in [1.29, 1.82) is 0 Å². The van der Waals surface area contributed by atoms with Crippen molar-refractivity contribution < 1.29 is 13.2 Å². The monoisotopic (exact) mass is 273 g/mol. The number of rotatable bonds is 3. The second-order valence-electron chi connectivity index (χ2n) is 3.64. The third-order valence-electron chi connectivity index (χ3n) is 2.19. The molecule has 3 nitrogen and oxygen atoms in total. The van der Waals surface area contributed by atoms with E-state index in [2.05, 4.69) is 15.3 Å². The van der Waals surface area contributed by atoms with E-state index in [1.807, 2.05) is 12.3 Å². The first kappa shape index (κ1) is 12.8. The predicted molar refractivity (Wildman–Crippen MR) is 63.4 cm³/mol. The summed E-state index contributed by atoms with van der Waals surface area (Å²) >= 11 is 1.53. The normalized spacial score (nSPS) is 11.6. The maximum Gasteiger partial charge on any atom is 0.433 e. The Balaban J connectivity index is 1.98. The average molecular weight is 273 g/mol. The number of hydrogen-bond donors (Lipinski definition) is 1. The molecule has 0 aromatic carbocycles. The van der Waals surface area contributed by atoms with Gasteiger partial charge in [-0.1, -0.05) is 0 Å². The van der Waals surface area contributed by atoms with Crippen LogP contribution >= 0.6 is 11.3 Å². The molecule has 7 heteroatoms. The highest BCUT2D eigenvalue weighted by Crippen LogP contribution is 2.27. The van der Waals surface area contributed by atoms with Crippen molar-refractivity contribution in [2.75, 3.05) is 5.32 Å². The van der Waals surface area contributed by atoms with Crippen LogP contribution in [0.25, 0.3) is 0 Å². The van der Waals surface area contributed by atoms with E-state index in [4.69, 9.17) is 0 Å². The Bertz CT molecular complexity index is 519. The van der Waals surface area contributed by atoms with Crippen molar-refractivity contribution >= 4 is 17.0 Å². The van der Waals surface area contributed by atoms with Crippen LogP contribution in [0.1, 0.15) is 16.4 Å². The first-order chi connectivity index (χ1) is 8.45. The number of halogens is 3. The van der Waals surface area contributed by atoms with Crippen molar-refractivity contribution in [3.63, 3.8) is 0 Å². The van der Waals surface area contributed by atoms with Gasteiger partial charge < -0.3 is 5.32 Å². The summed E-state index contributed by atoms with van der Waals surface area (Å²) in [6.45, 7) is 2.37. The fourth-order valence-electron chi connectivity index (χ4n) is 1.35. The molecule has 18 heavy (non-hydrogen) atoms. The fourth-order valence-corrected chi connectivity index (χ4v) is 1.96. The predicted octanol–water partition coefficient (Wildman–Crippen LogP) is 3.48. The molecule has 0 amide bonds. The Morgan fingerprint density at radius 2 is 2.11 bits per heavy atom. The van der Waals surface area contributed by atoms with Crippen molar-refractivity contribution in [2.45, 2.75) is 19.6 Å². The summed E-state index contributed by atoms with van der Waals surface area (Å²) in [5, 5.41) is 5.83. The molecule has 0 spiro atoms. The number of aromatic nitrogens is 2. The standard InChI is InChI=1S/C11H10F3N3S/c1-7-17-9(6-18-7)5-15-8-2-3-10(16-4-8)11(12,13)14/h2-4,6,15H,5H2,1H3. The number of alkyl halides is 3. The molecule has 2 aromatic heterocycles. The molecule has 2 rings (SSSR count). The fraction of sp³-hybridized carbons (Fsp3) is 0.273. The molecule has 0 radical (unpaired) electrons. The van der Waals surface area contributed by atoms with Gasteiger partial charge in [0.25, 0.3) is 0 Å². The summed E-state index contributed by atoms with van der Waals surface area (Å²) in [5.41, 5.74) is 0.503. The SMILES string of the molecule is Cc1nc(CNc2ccc(C(F)(F)F)nc2)cs1. The van der Waals surface area contributed by atoms with Gasteiger partial charge >= 0.3 is 6.18 Å². The topological polar surface area (TPSA) is 37.8 Å². The minimum Gasteiger partial charge on any atom is -0.378 e. The zero-order valence-electron chi connectivity index (χ0n) is 9.45. The van der Waals surface area contributed by atoms with Gasteiger partial charge in [0.05, 0.1) is 29.1 Å². The van der Waals surface area contributed by atoms with E-state index in [1.165, 1.54) is 23.6 Å². The maximum atomic E-state index is 12.3. The first-order valence-electron chi connectivity index (χ1n) is 5.13. The lowest BCUT2D eigenvalue weighted by Crippen LogP contribution is -2.08. The maximum absolute atomic E-state index is 12.3. The molecule has 1 N–H and O–H groups in total. The second kappa shape index (κ2) is 4.93. The van der Waals surface area contributed by atoms with Gasteiger partial charge in [-0.2, -0.15) is 13.2 Å². The third kappa shape index (κ3) is 3.19. The zero-order chi connectivity index (χ0) is 13.2. The van der Waals surface area contributed by atoms with Crippen molar-refractivity contribution in [1.82, 2.24) is 9.97 Å². The first-order valence-corrected chi connectivity index (χ1v) is 6.01. The molecule has 0 atom stereocenters. The van der Waals surface area contributed by atoms with E-state index in [-0.39, 0.29) is 0 Å². The van der Waals surface area contributed by atoms with Crippen molar-refractivity contribution in [3.05, 3.63) is 40.1 Å². The van der Waals surface area contributed by atoms with Crippen LogP contribution in [0.15, 0.2) is 23.7 Å². The van der Waals surface area contributed by atoms with E-state index in [0.717, 1.165) is 16.8 Å². The second-order valence-corrected chi connectivity index (χ2v) is 4.70. The van der Waals surface area contributed by atoms with E-state index < -0.39 is 11.9 Å². The molecule has 0 fully saturated rings. The number of thiazole rings is 1. The highest BCUT2D eigenvalue weighted by molar-refractivity contribution is 7.09. The highest BCUT2D eigenvalue weighted by Gasteiger charge is 2.31. The summed E-state index contributed by atoms with van der Waals surface area (Å²) in [6, 6.07) is 2.31. The Labute approximate surface area is 106 Å². The molecule has 0 aliphatic carbocycles. The van der Waals surface area contributed by atoms with Crippen LogP contribution in [0.5, 0.6) is 0 Å². The van der Waals surface area contributed by atoms with Crippen LogP contribution in [0.3, 0.4) is 0 Å². The number of anilines is 1. The molecule has 0 saturated carbocycles. The van der Waals surface area contributed by atoms with Crippen molar-refractivity contribution in [3.8, 4) is 0 Å². The van der Waals surface area contributed by atoms with Gasteiger partial charge in [0.15, 0.2) is 0 Å². The number of pyridine rings is 1. The van der Waals surface area contributed by atoms with Crippen LogP contribution in [-0.2, 0) is 12.7 Å². The van der Waals surface area contributed by atoms with Crippen LogP contribution in [0.4, 0.5) is 18.9 Å². The van der Waals surface area contributed by atoms with Gasteiger partial charge in [0.1, 0.15) is 5.69 Å². The lowest BCUT2D eigenvalue weighted by molar-refractivity contribution is -0.141. The summed E-state index contributed by atoms with van der Waals surface area (Å²) in [6.07, 6.45) is -3.23. The van der Waals surface area contributed by atoms with Gasteiger partial charge in [-0.25, -0.2) is 9.97 Å². The van der Waals surface area contributed by atoms with Gasteiger partial charge in [0.2, 0.25) is 0 Å². The van der Waals surface area contributed by atoms with Gasteiger partial charge in [-0.15, -0.1) is 11.3 Å². The molecule has 0 aliphatic rings. The smallest absolute Gasteiger partial charge is 0.378 e. The van der Waals surface area contributed by atoms with Crippen LogP contribution in [0.2, 0.25) is 0 Å². The van der Waals surface area contributed by atoms with Crippen LogP contribution in [0, 0.1) is 6.92 Å². The average Bonchev–Trinajstić information content (AvgIpc) is 2.72. The van der Waals surface area contributed by atoms with Crippen LogP contribution < -0.4 is 5.32 Å². The number of nitrogens with one attached hydrogen (secondary N) is 1. The van der Waals surface area contributed by atoms with Gasteiger partial charge in [-0.05, 0) is 19.1 Å². The molecule has 0 unspecified atom stereocenters. The van der Waals surface area contributed by atoms with E-state index in [1.54, 1.807) is 0 Å². The Hall–Kier alpha value is -1.63. The zero-order valence-corrected chi connectivity index (χ0v) is 10.3. The minimum absolute atomic E-state index is 0.470. The highest BCUT2D eigenvalue weighted by atomic mass is 32.1. The minimum atomic E-state index is -4.40. The van der Waals surface area contributed by atoms with Crippen LogP contribution in [-0.4, -0.2) is 9.97 Å². The van der Waals surface area contributed by atoms with E-state index in [9.17, 15) is 13.2 Å². The lowest BCUT2D eigenvalue weighted by atomic mass is 10.3.